The van der Waals surface area contributed by atoms with Crippen LogP contribution < -0.4 is 5.32 Å². The number of amides is 1. The van der Waals surface area contributed by atoms with Gasteiger partial charge in [0.2, 0.25) is 0 Å². The van der Waals surface area contributed by atoms with E-state index in [0.717, 1.165) is 35.6 Å². The summed E-state index contributed by atoms with van der Waals surface area (Å²) < 4.78 is 27.7. The van der Waals surface area contributed by atoms with Gasteiger partial charge < -0.3 is 15.3 Å². The Morgan fingerprint density at radius 2 is 1.31 bits per heavy atom. The molecule has 0 aliphatic carbocycles. The first kappa shape index (κ1) is 28.7. The fourth-order valence-electron chi connectivity index (χ4n) is 3.04. The lowest BCUT2D eigenvalue weighted by molar-refractivity contribution is 0.0691. The maximum absolute atomic E-state index is 13.4. The normalized spacial score (nSPS) is 14.4. The zero-order chi connectivity index (χ0) is 22.8. The molecule has 2 aromatic rings. The third kappa shape index (κ3) is 9.26. The number of rotatable bonds is 2. The fourth-order valence-corrected chi connectivity index (χ4v) is 4.02. The number of likely N-dealkylation sites (tertiary alicyclic amines) is 1. The van der Waals surface area contributed by atoms with Crippen LogP contribution in [0.25, 0.3) is 0 Å². The Morgan fingerprint density at radius 1 is 0.844 bits per heavy atom. The summed E-state index contributed by atoms with van der Waals surface area (Å²) in [6, 6.07) is 8.57. The maximum Gasteiger partial charge on any atom is 0.338 e. The van der Waals surface area contributed by atoms with Gasteiger partial charge in [-0.3, -0.25) is 4.79 Å². The number of hydrogen-bond acceptors (Lipinski definition) is 3. The predicted molar refractivity (Wildman–Crippen MR) is 139 cm³/mol. The van der Waals surface area contributed by atoms with Crippen LogP contribution in [0.5, 0.6) is 0 Å². The summed E-state index contributed by atoms with van der Waals surface area (Å²) in [5.41, 5.74) is -0.0827. The van der Waals surface area contributed by atoms with Gasteiger partial charge in [0.15, 0.2) is 0 Å². The number of benzene rings is 2. The number of halogens is 4. The summed E-state index contributed by atoms with van der Waals surface area (Å²) in [7, 11) is 0. The SMILES string of the molecule is C.C1CCNC1.O=C(O)c1cc(I)ccc1F.O=C(c1cc(I)ccc1F)N1CCCC1. The van der Waals surface area contributed by atoms with Crippen molar-refractivity contribution in [3.05, 3.63) is 66.3 Å². The first-order valence-electron chi connectivity index (χ1n) is 9.93. The van der Waals surface area contributed by atoms with Crippen molar-refractivity contribution in [2.45, 2.75) is 33.1 Å². The molecule has 1 amide bonds. The lowest BCUT2D eigenvalue weighted by Gasteiger charge is -2.15. The van der Waals surface area contributed by atoms with E-state index in [2.05, 4.69) is 27.9 Å². The monoisotopic (exact) mass is 672 g/mol. The molecular weight excluding hydrogens is 644 g/mol. The molecule has 2 fully saturated rings. The summed E-state index contributed by atoms with van der Waals surface area (Å²) in [4.78, 5) is 24.0. The smallest absolute Gasteiger partial charge is 0.338 e. The second-order valence-electron chi connectivity index (χ2n) is 7.01. The Labute approximate surface area is 215 Å². The first-order valence-corrected chi connectivity index (χ1v) is 12.1. The van der Waals surface area contributed by atoms with Gasteiger partial charge in [-0.15, -0.1) is 0 Å². The Bertz CT molecular complexity index is 895. The van der Waals surface area contributed by atoms with Crippen LogP contribution in [-0.2, 0) is 0 Å². The van der Waals surface area contributed by atoms with Gasteiger partial charge in [0, 0.05) is 20.2 Å². The summed E-state index contributed by atoms with van der Waals surface area (Å²) >= 11 is 4.01. The van der Waals surface area contributed by atoms with E-state index in [1.165, 1.54) is 44.1 Å². The molecule has 2 aliphatic rings. The molecule has 0 saturated carbocycles. The number of carboxylic acids is 1. The maximum atomic E-state index is 13.4. The molecule has 32 heavy (non-hydrogen) atoms. The van der Waals surface area contributed by atoms with E-state index in [9.17, 15) is 18.4 Å². The molecule has 0 spiro atoms. The van der Waals surface area contributed by atoms with Crippen molar-refractivity contribution < 1.29 is 23.5 Å². The van der Waals surface area contributed by atoms with E-state index in [1.54, 1.807) is 17.0 Å². The van der Waals surface area contributed by atoms with Crippen LogP contribution in [0.1, 0.15) is 53.8 Å². The van der Waals surface area contributed by atoms with Gasteiger partial charge in [-0.1, -0.05) is 7.43 Å². The van der Waals surface area contributed by atoms with Crippen molar-refractivity contribution >= 4 is 57.1 Å². The number of hydrogen-bond donors (Lipinski definition) is 2. The summed E-state index contributed by atoms with van der Waals surface area (Å²) in [5, 5.41) is 11.7. The van der Waals surface area contributed by atoms with Crippen LogP contribution in [0.15, 0.2) is 36.4 Å². The molecule has 2 N–H and O–H groups in total. The Balaban J connectivity index is 0.000000264. The van der Waals surface area contributed by atoms with E-state index in [-0.39, 0.29) is 24.5 Å². The third-order valence-electron chi connectivity index (χ3n) is 4.67. The van der Waals surface area contributed by atoms with E-state index < -0.39 is 17.6 Å². The van der Waals surface area contributed by atoms with Crippen molar-refractivity contribution in [1.82, 2.24) is 10.2 Å². The molecule has 176 valence electrons. The number of carbonyl (C=O) groups is 2. The van der Waals surface area contributed by atoms with E-state index in [1.807, 2.05) is 22.6 Å². The summed E-state index contributed by atoms with van der Waals surface area (Å²) in [6.45, 7) is 4.01. The highest BCUT2D eigenvalue weighted by Gasteiger charge is 2.22. The molecule has 2 saturated heterocycles. The molecule has 2 heterocycles. The molecule has 0 radical (unpaired) electrons. The average molecular weight is 672 g/mol. The Kier molecular flexibility index (Phi) is 13.2. The third-order valence-corrected chi connectivity index (χ3v) is 6.01. The van der Waals surface area contributed by atoms with Crippen molar-refractivity contribution in [2.75, 3.05) is 26.2 Å². The molecule has 0 bridgehead atoms. The van der Waals surface area contributed by atoms with Crippen LogP contribution in [0.4, 0.5) is 8.78 Å². The minimum atomic E-state index is -1.24. The zero-order valence-corrected chi connectivity index (χ0v) is 21.2. The summed E-state index contributed by atoms with van der Waals surface area (Å²) in [6.07, 6.45) is 4.83. The van der Waals surface area contributed by atoms with E-state index in [0.29, 0.717) is 3.57 Å². The van der Waals surface area contributed by atoms with Crippen molar-refractivity contribution in [3.63, 3.8) is 0 Å². The lowest BCUT2D eigenvalue weighted by Crippen LogP contribution is -2.28. The van der Waals surface area contributed by atoms with Gasteiger partial charge in [-0.05, 0) is 120 Å². The molecule has 9 heteroatoms. The van der Waals surface area contributed by atoms with Gasteiger partial charge in [0.1, 0.15) is 11.6 Å². The number of carboxylic acid groups (broad SMARTS) is 1. The van der Waals surface area contributed by atoms with Crippen LogP contribution in [0, 0.1) is 18.8 Å². The van der Waals surface area contributed by atoms with Crippen LogP contribution in [0.2, 0.25) is 0 Å². The quantitative estimate of drug-likeness (QED) is 0.396. The van der Waals surface area contributed by atoms with Gasteiger partial charge in [-0.25, -0.2) is 13.6 Å². The van der Waals surface area contributed by atoms with E-state index >= 15 is 0 Å². The van der Waals surface area contributed by atoms with Gasteiger partial charge >= 0.3 is 5.97 Å². The molecule has 0 atom stereocenters. The molecule has 5 nitrogen and oxygen atoms in total. The summed E-state index contributed by atoms with van der Waals surface area (Å²) in [5.74, 6) is -2.53. The largest absolute Gasteiger partial charge is 0.478 e. The predicted octanol–water partition coefficient (Wildman–Crippen LogP) is 5.80. The Hall–Kier alpha value is -1.34. The average Bonchev–Trinajstić information content (AvgIpc) is 3.48. The first-order chi connectivity index (χ1) is 14.8. The Morgan fingerprint density at radius 3 is 1.72 bits per heavy atom. The molecule has 0 unspecified atom stereocenters. The highest BCUT2D eigenvalue weighted by molar-refractivity contribution is 14.1. The molecule has 0 aromatic heterocycles. The number of nitrogens with one attached hydrogen (secondary N) is 1. The standard InChI is InChI=1S/C11H11FINO.C7H4FIO2.C4H9N.CH4/c12-10-4-3-8(13)7-9(10)11(15)14-5-1-2-6-14;8-6-2-1-4(9)3-5(6)7(10)11;1-2-4-5-3-1;/h3-4,7H,1-2,5-6H2;1-3H,(H,10,11);5H,1-4H2;1H4. The molecule has 4 rings (SSSR count). The topological polar surface area (TPSA) is 69.6 Å². The molecular formula is C23H28F2I2N2O3. The van der Waals surface area contributed by atoms with Crippen LogP contribution in [-0.4, -0.2) is 48.1 Å². The fraction of sp³-hybridized carbons (Fsp3) is 0.391. The molecule has 2 aliphatic heterocycles. The second-order valence-corrected chi connectivity index (χ2v) is 9.50. The number of nitrogens with zero attached hydrogens (tertiary/aromatic N) is 1. The van der Waals surface area contributed by atoms with Crippen molar-refractivity contribution in [2.24, 2.45) is 0 Å². The number of carbonyl (C=O) groups excluding carboxylic acids is 1. The van der Waals surface area contributed by atoms with Crippen molar-refractivity contribution in [1.29, 1.82) is 0 Å². The van der Waals surface area contributed by atoms with Gasteiger partial charge in [0.05, 0.1) is 11.1 Å². The van der Waals surface area contributed by atoms with Gasteiger partial charge in [0.25, 0.3) is 5.91 Å². The van der Waals surface area contributed by atoms with E-state index in [4.69, 9.17) is 5.11 Å². The van der Waals surface area contributed by atoms with Crippen LogP contribution in [0.3, 0.4) is 0 Å². The van der Waals surface area contributed by atoms with Gasteiger partial charge in [-0.2, -0.15) is 0 Å². The highest BCUT2D eigenvalue weighted by Crippen LogP contribution is 2.17. The lowest BCUT2D eigenvalue weighted by atomic mass is 10.2. The second kappa shape index (κ2) is 14.7. The van der Waals surface area contributed by atoms with Crippen molar-refractivity contribution in [3.8, 4) is 0 Å². The zero-order valence-electron chi connectivity index (χ0n) is 16.8. The van der Waals surface area contributed by atoms with Crippen LogP contribution >= 0.6 is 45.2 Å². The number of aromatic carboxylic acids is 1. The molecule has 2 aromatic carbocycles. The highest BCUT2D eigenvalue weighted by atomic mass is 127. The minimum Gasteiger partial charge on any atom is -0.478 e. The minimum absolute atomic E-state index is 0.